The Morgan fingerprint density at radius 1 is 1.23 bits per heavy atom. The van der Waals surface area contributed by atoms with E-state index in [1.807, 2.05) is 49.6 Å². The maximum atomic E-state index is 13.6. The lowest BCUT2D eigenvalue weighted by Gasteiger charge is -2.23. The number of benzene rings is 1. The Kier molecular flexibility index (Phi) is 5.90. The Hall–Kier alpha value is -2.67. The predicted octanol–water partition coefficient (Wildman–Crippen LogP) is 4.56. The van der Waals surface area contributed by atoms with Gasteiger partial charge in [0.15, 0.2) is 0 Å². The monoisotopic (exact) mass is 425 g/mol. The number of aromatic nitrogens is 2. The summed E-state index contributed by atoms with van der Waals surface area (Å²) < 4.78 is 7.55. The van der Waals surface area contributed by atoms with E-state index >= 15 is 0 Å². The zero-order chi connectivity index (χ0) is 21.3. The van der Waals surface area contributed by atoms with E-state index in [1.165, 1.54) is 11.3 Å². The summed E-state index contributed by atoms with van der Waals surface area (Å²) >= 11 is 1.33. The standard InChI is InChI=1S/C23H27N3O3S/c1-4-25(16-11-8-9-12-17(16)29-5-2)23(28)20-15(3)19-21(30-20)24-18-13-7-6-10-14-26(18)22(19)27/h8-9,11-12H,4-7,10,13-14H2,1-3H3. The van der Waals surface area contributed by atoms with Gasteiger partial charge in [-0.3, -0.25) is 14.2 Å². The van der Waals surface area contributed by atoms with Crippen LogP contribution in [0, 0.1) is 6.92 Å². The van der Waals surface area contributed by atoms with Gasteiger partial charge in [-0.15, -0.1) is 11.3 Å². The summed E-state index contributed by atoms with van der Waals surface area (Å²) in [6.45, 7) is 7.46. The van der Waals surface area contributed by atoms with Crippen molar-refractivity contribution in [1.82, 2.24) is 9.55 Å². The zero-order valence-electron chi connectivity index (χ0n) is 17.7. The molecule has 1 aliphatic heterocycles. The first-order valence-electron chi connectivity index (χ1n) is 10.6. The third-order valence-corrected chi connectivity index (χ3v) is 6.80. The second kappa shape index (κ2) is 8.60. The van der Waals surface area contributed by atoms with Gasteiger partial charge in [0.05, 0.1) is 22.6 Å². The van der Waals surface area contributed by atoms with Crippen molar-refractivity contribution >= 4 is 33.1 Å². The van der Waals surface area contributed by atoms with Crippen LogP contribution in [0.1, 0.15) is 54.2 Å². The molecule has 3 aromatic rings. The third-order valence-electron chi connectivity index (χ3n) is 5.62. The predicted molar refractivity (Wildman–Crippen MR) is 121 cm³/mol. The highest BCUT2D eigenvalue weighted by atomic mass is 32.1. The molecule has 158 valence electrons. The van der Waals surface area contributed by atoms with E-state index in [1.54, 1.807) is 4.90 Å². The quantitative estimate of drug-likeness (QED) is 0.601. The van der Waals surface area contributed by atoms with Crippen LogP contribution < -0.4 is 15.2 Å². The molecule has 0 atom stereocenters. The number of rotatable bonds is 5. The van der Waals surface area contributed by atoms with Crippen molar-refractivity contribution in [1.29, 1.82) is 0 Å². The number of hydrogen-bond donors (Lipinski definition) is 0. The number of carbonyl (C=O) groups excluding carboxylic acids is 1. The van der Waals surface area contributed by atoms with Crippen molar-refractivity contribution in [2.24, 2.45) is 0 Å². The first kappa shape index (κ1) is 20.6. The third kappa shape index (κ3) is 3.51. The van der Waals surface area contributed by atoms with Crippen molar-refractivity contribution in [2.75, 3.05) is 18.1 Å². The number of para-hydroxylation sites is 2. The molecular formula is C23H27N3O3S. The van der Waals surface area contributed by atoms with E-state index in [4.69, 9.17) is 9.72 Å². The number of hydrogen-bond acceptors (Lipinski definition) is 5. The maximum Gasteiger partial charge on any atom is 0.268 e. The number of fused-ring (bicyclic) bond motifs is 2. The van der Waals surface area contributed by atoms with Gasteiger partial charge in [0.1, 0.15) is 16.4 Å². The fourth-order valence-corrected chi connectivity index (χ4v) is 5.26. The molecule has 0 aliphatic carbocycles. The number of anilines is 1. The van der Waals surface area contributed by atoms with Crippen LogP contribution >= 0.6 is 11.3 Å². The summed E-state index contributed by atoms with van der Waals surface area (Å²) in [6, 6.07) is 7.56. The average Bonchev–Trinajstić information content (AvgIpc) is 2.91. The Morgan fingerprint density at radius 2 is 2.03 bits per heavy atom. The Morgan fingerprint density at radius 3 is 2.80 bits per heavy atom. The minimum absolute atomic E-state index is 0.0116. The first-order chi connectivity index (χ1) is 14.6. The van der Waals surface area contributed by atoms with Crippen LogP contribution in [-0.4, -0.2) is 28.6 Å². The van der Waals surface area contributed by atoms with E-state index in [2.05, 4.69) is 0 Å². The van der Waals surface area contributed by atoms with Gasteiger partial charge in [0.25, 0.3) is 11.5 Å². The fraction of sp³-hybridized carbons (Fsp3) is 0.435. The second-order valence-corrected chi connectivity index (χ2v) is 8.48. The van der Waals surface area contributed by atoms with Crippen molar-refractivity contribution in [2.45, 2.75) is 53.0 Å². The smallest absolute Gasteiger partial charge is 0.268 e. The van der Waals surface area contributed by atoms with Gasteiger partial charge in [0, 0.05) is 19.5 Å². The van der Waals surface area contributed by atoms with E-state index in [0.717, 1.165) is 42.8 Å². The van der Waals surface area contributed by atoms with E-state index in [0.29, 0.717) is 40.5 Å². The lowest BCUT2D eigenvalue weighted by molar-refractivity contribution is 0.0991. The number of amides is 1. The summed E-state index contributed by atoms with van der Waals surface area (Å²) in [5, 5.41) is 0.586. The lowest BCUT2D eigenvalue weighted by Crippen LogP contribution is -2.31. The van der Waals surface area contributed by atoms with Gasteiger partial charge >= 0.3 is 0 Å². The molecule has 0 fully saturated rings. The minimum atomic E-state index is -0.121. The lowest BCUT2D eigenvalue weighted by atomic mass is 10.1. The van der Waals surface area contributed by atoms with Gasteiger partial charge in [-0.25, -0.2) is 4.98 Å². The number of thiophene rings is 1. The van der Waals surface area contributed by atoms with Crippen LogP contribution in [0.2, 0.25) is 0 Å². The zero-order valence-corrected chi connectivity index (χ0v) is 18.6. The summed E-state index contributed by atoms with van der Waals surface area (Å²) in [5.74, 6) is 1.41. The van der Waals surface area contributed by atoms with Crippen LogP contribution in [0.25, 0.3) is 10.2 Å². The summed E-state index contributed by atoms with van der Waals surface area (Å²) in [4.78, 5) is 34.5. The van der Waals surface area contributed by atoms with Gasteiger partial charge < -0.3 is 9.64 Å². The fourth-order valence-electron chi connectivity index (χ4n) is 4.12. The maximum absolute atomic E-state index is 13.6. The molecule has 0 spiro atoms. The number of carbonyl (C=O) groups is 1. The Balaban J connectivity index is 1.81. The highest BCUT2D eigenvalue weighted by molar-refractivity contribution is 7.20. The van der Waals surface area contributed by atoms with E-state index < -0.39 is 0 Å². The average molecular weight is 426 g/mol. The van der Waals surface area contributed by atoms with Gasteiger partial charge in [-0.05, 0) is 51.3 Å². The second-order valence-electron chi connectivity index (χ2n) is 7.48. The molecule has 0 unspecified atom stereocenters. The molecule has 1 aromatic carbocycles. The van der Waals surface area contributed by atoms with Crippen LogP contribution in [-0.2, 0) is 13.0 Å². The van der Waals surface area contributed by atoms with Crippen LogP contribution in [0.3, 0.4) is 0 Å². The summed E-state index contributed by atoms with van der Waals surface area (Å²) in [7, 11) is 0. The first-order valence-corrected chi connectivity index (χ1v) is 11.4. The van der Waals surface area contributed by atoms with Crippen LogP contribution in [0.4, 0.5) is 5.69 Å². The molecule has 1 amide bonds. The molecule has 0 radical (unpaired) electrons. The summed E-state index contributed by atoms with van der Waals surface area (Å²) in [5.41, 5.74) is 1.45. The van der Waals surface area contributed by atoms with Gasteiger partial charge in [-0.2, -0.15) is 0 Å². The minimum Gasteiger partial charge on any atom is -0.492 e. The number of nitrogens with zero attached hydrogens (tertiary/aromatic N) is 3. The van der Waals surface area contributed by atoms with E-state index in [9.17, 15) is 9.59 Å². The summed E-state index contributed by atoms with van der Waals surface area (Å²) in [6.07, 6.45) is 3.97. The normalized spacial score (nSPS) is 13.7. The number of aryl methyl sites for hydroxylation is 2. The highest BCUT2D eigenvalue weighted by Gasteiger charge is 2.26. The molecule has 0 bridgehead atoms. The van der Waals surface area contributed by atoms with Gasteiger partial charge in [0.2, 0.25) is 0 Å². The molecule has 0 saturated heterocycles. The van der Waals surface area contributed by atoms with Crippen molar-refractivity contribution in [3.05, 3.63) is 50.9 Å². The number of ether oxygens (including phenoxy) is 1. The largest absolute Gasteiger partial charge is 0.492 e. The molecular weight excluding hydrogens is 398 g/mol. The van der Waals surface area contributed by atoms with Crippen LogP contribution in [0.5, 0.6) is 5.75 Å². The van der Waals surface area contributed by atoms with Crippen LogP contribution in [0.15, 0.2) is 29.1 Å². The molecule has 30 heavy (non-hydrogen) atoms. The molecule has 3 heterocycles. The molecule has 1 aliphatic rings. The van der Waals surface area contributed by atoms with Crippen molar-refractivity contribution in [3.63, 3.8) is 0 Å². The molecule has 4 rings (SSSR count). The van der Waals surface area contributed by atoms with Crippen molar-refractivity contribution in [3.8, 4) is 5.75 Å². The highest BCUT2D eigenvalue weighted by Crippen LogP contribution is 2.33. The molecule has 0 N–H and O–H groups in total. The topological polar surface area (TPSA) is 64.4 Å². The molecule has 6 nitrogen and oxygen atoms in total. The molecule has 7 heteroatoms. The Bertz CT molecular complexity index is 1150. The van der Waals surface area contributed by atoms with Gasteiger partial charge in [-0.1, -0.05) is 18.6 Å². The Labute approximate surface area is 180 Å². The molecule has 0 saturated carbocycles. The SMILES string of the molecule is CCOc1ccccc1N(CC)C(=O)c1sc2nc3n(c(=O)c2c1C)CCCCC3. The van der Waals surface area contributed by atoms with E-state index in [-0.39, 0.29) is 11.5 Å². The molecule has 2 aromatic heterocycles. The van der Waals surface area contributed by atoms with Crippen molar-refractivity contribution < 1.29 is 9.53 Å².